The minimum atomic E-state index is -1.36. The van der Waals surface area contributed by atoms with E-state index in [1.54, 1.807) is 4.57 Å². The van der Waals surface area contributed by atoms with Crippen LogP contribution in [0.1, 0.15) is 20.3 Å². The van der Waals surface area contributed by atoms with Gasteiger partial charge in [0.2, 0.25) is 0 Å². The third kappa shape index (κ3) is 2.95. The lowest BCUT2D eigenvalue weighted by molar-refractivity contribution is -0.143. The van der Waals surface area contributed by atoms with E-state index >= 15 is 0 Å². The molecular weight excluding hydrogens is 342 g/mol. The maximum absolute atomic E-state index is 10.8. The van der Waals surface area contributed by atoms with Crippen LogP contribution in [0.15, 0.2) is 24.3 Å². The smallest absolute Gasteiger partial charge is 0.181 e. The topological polar surface area (TPSA) is 135 Å². The predicted octanol–water partition coefficient (Wildman–Crippen LogP) is -0.0784. The molecule has 26 heavy (non-hydrogen) atoms. The molecule has 142 valence electrons. The molecule has 0 unspecified atom stereocenters. The third-order valence-corrected chi connectivity index (χ3v) is 4.44. The second kappa shape index (κ2) is 7.25. The fourth-order valence-corrected chi connectivity index (χ4v) is 3.12. The van der Waals surface area contributed by atoms with E-state index in [2.05, 4.69) is 20.4 Å². The quantitative estimate of drug-likeness (QED) is 0.409. The molecule has 10 nitrogen and oxygen atoms in total. The minimum absolute atomic E-state index is 0.257. The molecule has 4 atom stereocenters. The van der Waals surface area contributed by atoms with Crippen molar-refractivity contribution >= 4 is 17.0 Å². The van der Waals surface area contributed by atoms with Gasteiger partial charge in [-0.1, -0.05) is 11.6 Å². The van der Waals surface area contributed by atoms with Gasteiger partial charge in [-0.25, -0.2) is 20.4 Å². The minimum Gasteiger partial charge on any atom is -0.394 e. The average Bonchev–Trinajstić information content (AvgIpc) is 3.16. The average molecular weight is 365 g/mol. The standard InChI is InChI=1S/C16H23N5O5/c1-9(2)4-5-16(13(24)12(23)10(6-22)26-16)21-8-19-11-14(20-25-3)17-7-18-15(11)21/h4,7-8,10,12-13,22-24H,5-6H2,1-3H3,(H,17,18,20)/t10-,12-,13-,16-/m1/s1. The lowest BCUT2D eigenvalue weighted by Gasteiger charge is -2.33. The van der Waals surface area contributed by atoms with Crippen molar-refractivity contribution in [3.05, 3.63) is 24.3 Å². The molecule has 4 N–H and O–H groups in total. The van der Waals surface area contributed by atoms with Gasteiger partial charge in [-0.2, -0.15) is 0 Å². The number of hydrogen-bond donors (Lipinski definition) is 4. The van der Waals surface area contributed by atoms with Crippen LogP contribution in [-0.4, -0.2) is 66.9 Å². The highest BCUT2D eigenvalue weighted by molar-refractivity contribution is 5.82. The van der Waals surface area contributed by atoms with Crippen molar-refractivity contribution in [2.24, 2.45) is 0 Å². The number of allylic oxidation sites excluding steroid dienone is 1. The zero-order valence-corrected chi connectivity index (χ0v) is 14.8. The summed E-state index contributed by atoms with van der Waals surface area (Å²) in [6.07, 6.45) is 1.48. The van der Waals surface area contributed by atoms with Crippen molar-refractivity contribution in [3.63, 3.8) is 0 Å². The van der Waals surface area contributed by atoms with E-state index < -0.39 is 30.6 Å². The van der Waals surface area contributed by atoms with E-state index in [4.69, 9.17) is 9.57 Å². The second-order valence-corrected chi connectivity index (χ2v) is 6.42. The molecule has 0 bridgehead atoms. The van der Waals surface area contributed by atoms with Crippen LogP contribution in [0.4, 0.5) is 5.82 Å². The Morgan fingerprint density at radius 3 is 2.77 bits per heavy atom. The summed E-state index contributed by atoms with van der Waals surface area (Å²) >= 11 is 0. The number of imidazole rings is 1. The van der Waals surface area contributed by atoms with Crippen LogP contribution in [0, 0.1) is 0 Å². The molecule has 0 radical (unpaired) electrons. The van der Waals surface area contributed by atoms with Crippen molar-refractivity contribution < 1.29 is 24.9 Å². The Kier molecular flexibility index (Phi) is 5.21. The summed E-state index contributed by atoms with van der Waals surface area (Å²) in [6, 6.07) is 0. The number of rotatable bonds is 6. The summed E-state index contributed by atoms with van der Waals surface area (Å²) in [6.45, 7) is 3.42. The van der Waals surface area contributed by atoms with E-state index in [1.165, 1.54) is 19.8 Å². The molecule has 3 rings (SSSR count). The number of fused-ring (bicyclic) bond motifs is 1. The third-order valence-electron chi connectivity index (χ3n) is 4.44. The Bertz CT molecular complexity index is 805. The summed E-state index contributed by atoms with van der Waals surface area (Å²) in [5.74, 6) is 0.361. The number of aromatic nitrogens is 4. The van der Waals surface area contributed by atoms with Crippen molar-refractivity contribution in [2.75, 3.05) is 19.2 Å². The van der Waals surface area contributed by atoms with Gasteiger partial charge in [0.15, 0.2) is 22.7 Å². The normalized spacial score (nSPS) is 28.5. The van der Waals surface area contributed by atoms with Crippen LogP contribution in [0.25, 0.3) is 11.2 Å². The fourth-order valence-electron chi connectivity index (χ4n) is 3.12. The Morgan fingerprint density at radius 2 is 2.15 bits per heavy atom. The Morgan fingerprint density at radius 1 is 1.38 bits per heavy atom. The van der Waals surface area contributed by atoms with E-state index in [1.807, 2.05) is 19.9 Å². The molecule has 0 saturated carbocycles. The van der Waals surface area contributed by atoms with Gasteiger partial charge in [0.1, 0.15) is 24.6 Å². The summed E-state index contributed by atoms with van der Waals surface area (Å²) in [5, 5.41) is 30.6. The van der Waals surface area contributed by atoms with Gasteiger partial charge in [0.05, 0.1) is 20.0 Å². The SMILES string of the molecule is CONc1ncnc2c1ncn2[C@]1(CC=C(C)C)O[C@H](CO)[C@@H](O)[C@H]1O. The number of nitrogens with zero attached hydrogens (tertiary/aromatic N) is 4. The summed E-state index contributed by atoms with van der Waals surface area (Å²) in [5.41, 5.74) is 3.09. The van der Waals surface area contributed by atoms with E-state index in [0.717, 1.165) is 5.57 Å². The molecule has 0 aliphatic carbocycles. The van der Waals surface area contributed by atoms with Gasteiger partial charge in [0.25, 0.3) is 0 Å². The number of hydrogen-bond acceptors (Lipinski definition) is 9. The first-order valence-corrected chi connectivity index (χ1v) is 8.20. The second-order valence-electron chi connectivity index (χ2n) is 6.42. The van der Waals surface area contributed by atoms with Crippen molar-refractivity contribution in [1.29, 1.82) is 0 Å². The van der Waals surface area contributed by atoms with Crippen LogP contribution >= 0.6 is 0 Å². The molecule has 0 spiro atoms. The molecule has 10 heteroatoms. The van der Waals surface area contributed by atoms with Crippen LogP contribution in [0.5, 0.6) is 0 Å². The van der Waals surface area contributed by atoms with Crippen LogP contribution in [0.3, 0.4) is 0 Å². The molecule has 1 saturated heterocycles. The van der Waals surface area contributed by atoms with Gasteiger partial charge in [-0.3, -0.25) is 9.40 Å². The molecule has 2 aromatic rings. The van der Waals surface area contributed by atoms with Gasteiger partial charge in [-0.05, 0) is 13.8 Å². The summed E-state index contributed by atoms with van der Waals surface area (Å²) in [7, 11) is 1.45. The first kappa shape index (κ1) is 18.7. The number of nitrogens with one attached hydrogen (secondary N) is 1. The van der Waals surface area contributed by atoms with E-state index in [9.17, 15) is 15.3 Å². The maximum atomic E-state index is 10.8. The first-order chi connectivity index (χ1) is 12.4. The number of aliphatic hydroxyl groups excluding tert-OH is 3. The number of anilines is 1. The highest BCUT2D eigenvalue weighted by Gasteiger charge is 2.55. The molecule has 3 heterocycles. The fraction of sp³-hybridized carbons (Fsp3) is 0.562. The lowest BCUT2D eigenvalue weighted by atomic mass is 9.98. The van der Waals surface area contributed by atoms with Crippen molar-refractivity contribution in [1.82, 2.24) is 19.5 Å². The van der Waals surface area contributed by atoms with E-state index in [-0.39, 0.29) is 6.42 Å². The molecule has 0 amide bonds. The first-order valence-electron chi connectivity index (χ1n) is 8.20. The molecule has 0 aromatic carbocycles. The van der Waals surface area contributed by atoms with Crippen molar-refractivity contribution in [2.45, 2.75) is 44.3 Å². The molecule has 2 aromatic heterocycles. The van der Waals surface area contributed by atoms with E-state index in [0.29, 0.717) is 17.0 Å². The van der Waals surface area contributed by atoms with Crippen LogP contribution in [-0.2, 0) is 15.3 Å². The number of ether oxygens (including phenoxy) is 1. The lowest BCUT2D eigenvalue weighted by Crippen LogP contribution is -2.45. The molecule has 1 fully saturated rings. The maximum Gasteiger partial charge on any atom is 0.181 e. The summed E-state index contributed by atoms with van der Waals surface area (Å²) < 4.78 is 7.51. The van der Waals surface area contributed by atoms with Crippen LogP contribution < -0.4 is 5.48 Å². The molecular formula is C16H23N5O5. The van der Waals surface area contributed by atoms with Gasteiger partial charge in [-0.15, -0.1) is 0 Å². The monoisotopic (exact) mass is 365 g/mol. The zero-order chi connectivity index (χ0) is 18.9. The van der Waals surface area contributed by atoms with Crippen molar-refractivity contribution in [3.8, 4) is 0 Å². The van der Waals surface area contributed by atoms with Gasteiger partial charge < -0.3 is 20.1 Å². The van der Waals surface area contributed by atoms with Gasteiger partial charge >= 0.3 is 0 Å². The highest BCUT2D eigenvalue weighted by atomic mass is 16.6. The van der Waals surface area contributed by atoms with Crippen LogP contribution in [0.2, 0.25) is 0 Å². The summed E-state index contributed by atoms with van der Waals surface area (Å²) in [4.78, 5) is 17.5. The molecule has 1 aliphatic rings. The Labute approximate surface area is 150 Å². The molecule has 1 aliphatic heterocycles. The Hall–Kier alpha value is -2.11. The Balaban J connectivity index is 2.16. The van der Waals surface area contributed by atoms with Gasteiger partial charge in [0, 0.05) is 6.42 Å². The highest BCUT2D eigenvalue weighted by Crippen LogP contribution is 2.41. The largest absolute Gasteiger partial charge is 0.394 e. The predicted molar refractivity (Wildman–Crippen MR) is 91.9 cm³/mol. The number of aliphatic hydroxyl groups is 3. The zero-order valence-electron chi connectivity index (χ0n) is 14.8.